The molecule has 0 fully saturated rings. The summed E-state index contributed by atoms with van der Waals surface area (Å²) in [5, 5.41) is 4.33. The van der Waals surface area contributed by atoms with Crippen LogP contribution in [0.3, 0.4) is 0 Å². The van der Waals surface area contributed by atoms with Crippen molar-refractivity contribution in [1.82, 2.24) is 5.32 Å². The van der Waals surface area contributed by atoms with Crippen molar-refractivity contribution in [1.29, 1.82) is 0 Å². The second-order valence-corrected chi connectivity index (χ2v) is 5.98. The van der Waals surface area contributed by atoms with E-state index in [1.54, 1.807) is 0 Å². The SMILES string of the molecule is CCOC(CN[C@@H](Cc1ccccc1)c1ccc(Cl)cc1)OCC. The predicted octanol–water partition coefficient (Wildman–Crippen LogP) is 4.61. The van der Waals surface area contributed by atoms with E-state index in [-0.39, 0.29) is 12.3 Å². The number of halogens is 1. The van der Waals surface area contributed by atoms with Crippen LogP contribution in [0.15, 0.2) is 54.6 Å². The van der Waals surface area contributed by atoms with Crippen molar-refractivity contribution in [3.63, 3.8) is 0 Å². The fourth-order valence-electron chi connectivity index (χ4n) is 2.63. The highest BCUT2D eigenvalue weighted by Crippen LogP contribution is 2.21. The average Bonchev–Trinajstić information content (AvgIpc) is 2.60. The van der Waals surface area contributed by atoms with Crippen LogP contribution in [0.1, 0.15) is 31.0 Å². The lowest BCUT2D eigenvalue weighted by molar-refractivity contribution is -0.133. The van der Waals surface area contributed by atoms with Crippen LogP contribution in [0.2, 0.25) is 5.02 Å². The van der Waals surface area contributed by atoms with E-state index in [1.807, 2.05) is 32.0 Å². The fourth-order valence-corrected chi connectivity index (χ4v) is 2.75. The Hall–Kier alpha value is -1.39. The van der Waals surface area contributed by atoms with Gasteiger partial charge in [0.25, 0.3) is 0 Å². The summed E-state index contributed by atoms with van der Waals surface area (Å²) in [6.45, 7) is 5.87. The molecule has 2 rings (SSSR count). The first kappa shape index (κ1) is 18.9. The monoisotopic (exact) mass is 347 g/mol. The van der Waals surface area contributed by atoms with Gasteiger partial charge in [0.2, 0.25) is 0 Å². The maximum Gasteiger partial charge on any atom is 0.169 e. The lowest BCUT2D eigenvalue weighted by atomic mass is 9.99. The van der Waals surface area contributed by atoms with Gasteiger partial charge in [0.1, 0.15) is 0 Å². The molecule has 3 nitrogen and oxygen atoms in total. The Morgan fingerprint density at radius 1 is 0.917 bits per heavy atom. The smallest absolute Gasteiger partial charge is 0.169 e. The number of ether oxygens (including phenoxy) is 2. The highest BCUT2D eigenvalue weighted by molar-refractivity contribution is 6.30. The Bertz CT molecular complexity index is 568. The second kappa shape index (κ2) is 10.5. The molecular formula is C20H26ClNO2. The van der Waals surface area contributed by atoms with E-state index < -0.39 is 0 Å². The molecule has 0 radical (unpaired) electrons. The summed E-state index contributed by atoms with van der Waals surface area (Å²) < 4.78 is 11.3. The molecule has 24 heavy (non-hydrogen) atoms. The molecule has 0 aliphatic heterocycles. The fraction of sp³-hybridized carbons (Fsp3) is 0.400. The largest absolute Gasteiger partial charge is 0.352 e. The normalized spacial score (nSPS) is 12.5. The quantitative estimate of drug-likeness (QED) is 0.636. The van der Waals surface area contributed by atoms with E-state index in [9.17, 15) is 0 Å². The van der Waals surface area contributed by atoms with E-state index >= 15 is 0 Å². The third kappa shape index (κ3) is 6.25. The lowest BCUT2D eigenvalue weighted by Gasteiger charge is -2.24. The number of nitrogens with one attached hydrogen (secondary N) is 1. The molecule has 0 aromatic heterocycles. The first-order chi connectivity index (χ1) is 11.7. The summed E-state index contributed by atoms with van der Waals surface area (Å²) in [5.74, 6) is 0. The summed E-state index contributed by atoms with van der Waals surface area (Å²) in [6.07, 6.45) is 0.665. The van der Waals surface area contributed by atoms with E-state index in [0.29, 0.717) is 19.8 Å². The van der Waals surface area contributed by atoms with Gasteiger partial charge in [-0.2, -0.15) is 0 Å². The average molecular weight is 348 g/mol. The highest BCUT2D eigenvalue weighted by Gasteiger charge is 2.15. The molecule has 0 spiro atoms. The first-order valence-corrected chi connectivity index (χ1v) is 8.86. The first-order valence-electron chi connectivity index (χ1n) is 8.48. The van der Waals surface area contributed by atoms with Crippen molar-refractivity contribution in [2.24, 2.45) is 0 Å². The van der Waals surface area contributed by atoms with Crippen LogP contribution in [0.4, 0.5) is 0 Å². The minimum Gasteiger partial charge on any atom is -0.352 e. The zero-order chi connectivity index (χ0) is 17.2. The Balaban J connectivity index is 2.08. The molecule has 0 saturated heterocycles. The predicted molar refractivity (Wildman–Crippen MR) is 99.4 cm³/mol. The molecule has 1 N–H and O–H groups in total. The van der Waals surface area contributed by atoms with Crippen LogP contribution in [-0.4, -0.2) is 26.0 Å². The third-order valence-electron chi connectivity index (χ3n) is 3.79. The molecule has 0 amide bonds. The summed E-state index contributed by atoms with van der Waals surface area (Å²) in [4.78, 5) is 0. The molecule has 0 unspecified atom stereocenters. The zero-order valence-electron chi connectivity index (χ0n) is 14.4. The van der Waals surface area contributed by atoms with Crippen LogP contribution >= 0.6 is 11.6 Å². The number of rotatable bonds is 10. The molecule has 4 heteroatoms. The van der Waals surface area contributed by atoms with Crippen molar-refractivity contribution < 1.29 is 9.47 Å². The molecule has 0 saturated carbocycles. The van der Waals surface area contributed by atoms with Crippen molar-refractivity contribution in [2.45, 2.75) is 32.6 Å². The standard InChI is InChI=1S/C20H26ClNO2/c1-3-23-20(24-4-2)15-22-19(14-16-8-6-5-7-9-16)17-10-12-18(21)13-11-17/h5-13,19-20,22H,3-4,14-15H2,1-2H3/t19-/m0/s1. The molecule has 1 atom stereocenters. The van der Waals surface area contributed by atoms with Gasteiger partial charge in [-0.25, -0.2) is 0 Å². The molecular weight excluding hydrogens is 322 g/mol. The molecule has 130 valence electrons. The van der Waals surface area contributed by atoms with Crippen molar-refractivity contribution in [3.8, 4) is 0 Å². The zero-order valence-corrected chi connectivity index (χ0v) is 15.1. The second-order valence-electron chi connectivity index (χ2n) is 5.54. The summed E-state index contributed by atoms with van der Waals surface area (Å²) in [7, 11) is 0. The van der Waals surface area contributed by atoms with Crippen LogP contribution in [-0.2, 0) is 15.9 Å². The van der Waals surface area contributed by atoms with Crippen molar-refractivity contribution in [2.75, 3.05) is 19.8 Å². The lowest BCUT2D eigenvalue weighted by Crippen LogP contribution is -2.35. The van der Waals surface area contributed by atoms with Gasteiger partial charge in [0.05, 0.1) is 0 Å². The van der Waals surface area contributed by atoms with Crippen molar-refractivity contribution >= 4 is 11.6 Å². The maximum atomic E-state index is 6.03. The maximum absolute atomic E-state index is 6.03. The third-order valence-corrected chi connectivity index (χ3v) is 4.04. The molecule has 0 aliphatic carbocycles. The highest BCUT2D eigenvalue weighted by atomic mass is 35.5. The topological polar surface area (TPSA) is 30.5 Å². The summed E-state index contributed by atoms with van der Waals surface area (Å²) in [6, 6.07) is 18.6. The molecule has 0 bridgehead atoms. The molecule has 0 heterocycles. The van der Waals surface area contributed by atoms with Crippen LogP contribution in [0, 0.1) is 0 Å². The van der Waals surface area contributed by atoms with E-state index in [0.717, 1.165) is 11.4 Å². The van der Waals surface area contributed by atoms with E-state index in [2.05, 4.69) is 41.7 Å². The van der Waals surface area contributed by atoms with Gasteiger partial charge in [-0.05, 0) is 43.5 Å². The van der Waals surface area contributed by atoms with Crippen LogP contribution in [0.5, 0.6) is 0 Å². The Kier molecular flexibility index (Phi) is 8.26. The van der Waals surface area contributed by atoms with E-state index in [4.69, 9.17) is 21.1 Å². The Morgan fingerprint density at radius 2 is 1.54 bits per heavy atom. The van der Waals surface area contributed by atoms with Gasteiger partial charge >= 0.3 is 0 Å². The van der Waals surface area contributed by atoms with Gasteiger partial charge in [-0.1, -0.05) is 54.1 Å². The minimum absolute atomic E-state index is 0.174. The van der Waals surface area contributed by atoms with Crippen molar-refractivity contribution in [3.05, 3.63) is 70.7 Å². The Morgan fingerprint density at radius 3 is 2.12 bits per heavy atom. The summed E-state index contributed by atoms with van der Waals surface area (Å²) in [5.41, 5.74) is 2.49. The Labute approximate surface area is 149 Å². The van der Waals surface area contributed by atoms with Crippen LogP contribution in [0.25, 0.3) is 0 Å². The van der Waals surface area contributed by atoms with Gasteiger partial charge in [0.15, 0.2) is 6.29 Å². The number of hydrogen-bond acceptors (Lipinski definition) is 3. The van der Waals surface area contributed by atoms with Gasteiger partial charge in [-0.3, -0.25) is 0 Å². The summed E-state index contributed by atoms with van der Waals surface area (Å²) >= 11 is 6.03. The van der Waals surface area contributed by atoms with Gasteiger partial charge in [-0.15, -0.1) is 0 Å². The van der Waals surface area contributed by atoms with Gasteiger partial charge in [0, 0.05) is 30.8 Å². The molecule has 0 aliphatic rings. The number of benzene rings is 2. The van der Waals surface area contributed by atoms with Gasteiger partial charge < -0.3 is 14.8 Å². The number of hydrogen-bond donors (Lipinski definition) is 1. The minimum atomic E-state index is -0.231. The molecule has 2 aromatic rings. The van der Waals surface area contributed by atoms with E-state index in [1.165, 1.54) is 11.1 Å². The molecule has 2 aromatic carbocycles. The van der Waals surface area contributed by atoms with Crippen LogP contribution < -0.4 is 5.32 Å².